The minimum absolute atomic E-state index is 0.340. The number of hydrogen-bond acceptors (Lipinski definition) is 3. The normalized spacial score (nSPS) is 28.6. The average Bonchev–Trinajstić information content (AvgIpc) is 2.90. The van der Waals surface area contributed by atoms with E-state index in [1.807, 2.05) is 18.2 Å². The molecule has 0 N–H and O–H groups in total. The van der Waals surface area contributed by atoms with E-state index in [2.05, 4.69) is 22.8 Å². The van der Waals surface area contributed by atoms with Gasteiger partial charge in [-0.1, -0.05) is 12.1 Å². The lowest BCUT2D eigenvalue weighted by atomic mass is 10.1. The standard InChI is InChI=1S/C12H13N3O/c1-14-11-8(7-16-14)6-15-10-5-3-2-4-9(10)13-12(11)15/h2-5,8,11H,6-7H2,1H3/t8-,11+/m0/s1. The molecule has 4 rings (SSSR count). The van der Waals surface area contributed by atoms with Crippen molar-refractivity contribution in [3.05, 3.63) is 30.1 Å². The summed E-state index contributed by atoms with van der Waals surface area (Å²) < 4.78 is 2.34. The summed E-state index contributed by atoms with van der Waals surface area (Å²) in [7, 11) is 2.00. The van der Waals surface area contributed by atoms with Crippen molar-refractivity contribution in [2.75, 3.05) is 13.7 Å². The molecule has 1 aromatic heterocycles. The van der Waals surface area contributed by atoms with Crippen LogP contribution in [0.5, 0.6) is 0 Å². The Morgan fingerprint density at radius 1 is 1.38 bits per heavy atom. The molecule has 2 atom stereocenters. The van der Waals surface area contributed by atoms with Gasteiger partial charge in [-0.2, -0.15) is 5.06 Å². The van der Waals surface area contributed by atoms with Crippen molar-refractivity contribution >= 4 is 11.0 Å². The van der Waals surface area contributed by atoms with Gasteiger partial charge in [-0.05, 0) is 12.1 Å². The molecule has 0 unspecified atom stereocenters. The van der Waals surface area contributed by atoms with Crippen molar-refractivity contribution < 1.29 is 4.84 Å². The summed E-state index contributed by atoms with van der Waals surface area (Å²) in [6, 6.07) is 8.68. The van der Waals surface area contributed by atoms with Crippen LogP contribution in [0.2, 0.25) is 0 Å². The van der Waals surface area contributed by atoms with Gasteiger partial charge in [0, 0.05) is 19.5 Å². The number of imidazole rings is 1. The molecular formula is C12H13N3O. The third-order valence-corrected chi connectivity index (χ3v) is 3.70. The molecule has 0 bridgehead atoms. The fraction of sp³-hybridized carbons (Fsp3) is 0.417. The molecule has 1 fully saturated rings. The molecule has 0 spiro atoms. The molecule has 0 radical (unpaired) electrons. The van der Waals surface area contributed by atoms with Crippen molar-refractivity contribution in [1.82, 2.24) is 14.6 Å². The molecule has 3 heterocycles. The number of para-hydroxylation sites is 2. The third kappa shape index (κ3) is 0.936. The number of hydrogen-bond donors (Lipinski definition) is 0. The quantitative estimate of drug-likeness (QED) is 0.668. The molecule has 4 heteroatoms. The number of hydroxylamine groups is 2. The van der Waals surface area contributed by atoms with Crippen LogP contribution < -0.4 is 0 Å². The van der Waals surface area contributed by atoms with E-state index in [-0.39, 0.29) is 0 Å². The van der Waals surface area contributed by atoms with Gasteiger partial charge in [0.1, 0.15) is 5.82 Å². The second-order valence-corrected chi connectivity index (χ2v) is 4.62. The Kier molecular flexibility index (Phi) is 1.55. The SMILES string of the molecule is CN1OC[C@@H]2Cn3c(nc4ccccc43)[C@@H]21. The highest BCUT2D eigenvalue weighted by Crippen LogP contribution is 2.41. The Bertz CT molecular complexity index is 562. The molecule has 1 saturated heterocycles. The highest BCUT2D eigenvalue weighted by Gasteiger charge is 2.43. The van der Waals surface area contributed by atoms with Crippen LogP contribution in [0.3, 0.4) is 0 Å². The molecule has 82 valence electrons. The van der Waals surface area contributed by atoms with Crippen molar-refractivity contribution in [3.63, 3.8) is 0 Å². The van der Waals surface area contributed by atoms with Gasteiger partial charge in [0.2, 0.25) is 0 Å². The molecular weight excluding hydrogens is 202 g/mol. The maximum atomic E-state index is 5.55. The van der Waals surface area contributed by atoms with E-state index in [0.717, 1.165) is 24.5 Å². The van der Waals surface area contributed by atoms with Gasteiger partial charge in [-0.25, -0.2) is 4.98 Å². The van der Waals surface area contributed by atoms with Gasteiger partial charge < -0.3 is 4.57 Å². The molecule has 0 saturated carbocycles. The summed E-state index contributed by atoms with van der Waals surface area (Å²) in [6.45, 7) is 1.85. The van der Waals surface area contributed by atoms with Crippen LogP contribution >= 0.6 is 0 Å². The number of rotatable bonds is 0. The molecule has 4 nitrogen and oxygen atoms in total. The summed E-state index contributed by atoms with van der Waals surface area (Å²) in [4.78, 5) is 10.3. The second kappa shape index (κ2) is 2.84. The van der Waals surface area contributed by atoms with Crippen molar-refractivity contribution in [3.8, 4) is 0 Å². The van der Waals surface area contributed by atoms with E-state index in [9.17, 15) is 0 Å². The Morgan fingerprint density at radius 3 is 3.19 bits per heavy atom. The van der Waals surface area contributed by atoms with Crippen LogP contribution in [0.1, 0.15) is 11.9 Å². The van der Waals surface area contributed by atoms with E-state index < -0.39 is 0 Å². The first-order valence-corrected chi connectivity index (χ1v) is 5.65. The van der Waals surface area contributed by atoms with Gasteiger partial charge in [0.25, 0.3) is 0 Å². The van der Waals surface area contributed by atoms with Crippen LogP contribution in [0.4, 0.5) is 0 Å². The summed E-state index contributed by atoms with van der Waals surface area (Å²) in [5.74, 6) is 1.73. The molecule has 0 aliphatic carbocycles. The lowest BCUT2D eigenvalue weighted by molar-refractivity contribution is -0.112. The molecule has 2 aromatic rings. The molecule has 16 heavy (non-hydrogen) atoms. The van der Waals surface area contributed by atoms with E-state index >= 15 is 0 Å². The first kappa shape index (κ1) is 8.73. The number of benzene rings is 1. The molecule has 0 amide bonds. The summed E-state index contributed by atoms with van der Waals surface area (Å²) in [5, 5.41) is 1.95. The van der Waals surface area contributed by atoms with Crippen LogP contribution in [-0.4, -0.2) is 28.3 Å². The lowest BCUT2D eigenvalue weighted by Gasteiger charge is -2.13. The minimum Gasteiger partial charge on any atom is -0.326 e. The van der Waals surface area contributed by atoms with Crippen LogP contribution in [-0.2, 0) is 11.4 Å². The molecule has 1 aromatic carbocycles. The smallest absolute Gasteiger partial charge is 0.130 e. The van der Waals surface area contributed by atoms with Gasteiger partial charge in [0.15, 0.2) is 0 Å². The van der Waals surface area contributed by atoms with Crippen molar-refractivity contribution in [2.24, 2.45) is 5.92 Å². The highest BCUT2D eigenvalue weighted by molar-refractivity contribution is 5.76. The number of fused-ring (bicyclic) bond motifs is 5. The Labute approximate surface area is 93.4 Å². The topological polar surface area (TPSA) is 30.3 Å². The first-order chi connectivity index (χ1) is 7.84. The Morgan fingerprint density at radius 2 is 2.25 bits per heavy atom. The van der Waals surface area contributed by atoms with E-state index in [1.54, 1.807) is 0 Å². The Hall–Kier alpha value is -1.39. The lowest BCUT2D eigenvalue weighted by Crippen LogP contribution is -2.17. The maximum Gasteiger partial charge on any atom is 0.130 e. The second-order valence-electron chi connectivity index (χ2n) is 4.62. The predicted molar refractivity (Wildman–Crippen MR) is 59.7 cm³/mol. The van der Waals surface area contributed by atoms with Crippen LogP contribution in [0.15, 0.2) is 24.3 Å². The summed E-state index contributed by atoms with van der Waals surface area (Å²) in [6.07, 6.45) is 0. The first-order valence-electron chi connectivity index (χ1n) is 5.65. The van der Waals surface area contributed by atoms with Gasteiger partial charge in [0.05, 0.1) is 23.7 Å². The minimum atomic E-state index is 0.340. The van der Waals surface area contributed by atoms with Gasteiger partial charge >= 0.3 is 0 Å². The highest BCUT2D eigenvalue weighted by atomic mass is 16.7. The van der Waals surface area contributed by atoms with Gasteiger partial charge in [-0.15, -0.1) is 0 Å². The third-order valence-electron chi connectivity index (χ3n) is 3.70. The van der Waals surface area contributed by atoms with E-state index in [4.69, 9.17) is 9.82 Å². The van der Waals surface area contributed by atoms with Crippen molar-refractivity contribution in [1.29, 1.82) is 0 Å². The number of aromatic nitrogens is 2. The summed E-state index contributed by atoms with van der Waals surface area (Å²) in [5.41, 5.74) is 2.34. The monoisotopic (exact) mass is 215 g/mol. The van der Waals surface area contributed by atoms with Crippen LogP contribution in [0.25, 0.3) is 11.0 Å². The Balaban J connectivity index is 1.96. The molecule has 2 aliphatic heterocycles. The fourth-order valence-corrected chi connectivity index (χ4v) is 2.95. The van der Waals surface area contributed by atoms with Crippen molar-refractivity contribution in [2.45, 2.75) is 12.6 Å². The largest absolute Gasteiger partial charge is 0.326 e. The zero-order valence-electron chi connectivity index (χ0n) is 9.13. The average molecular weight is 215 g/mol. The van der Waals surface area contributed by atoms with E-state index in [0.29, 0.717) is 12.0 Å². The zero-order chi connectivity index (χ0) is 10.7. The van der Waals surface area contributed by atoms with Crippen LogP contribution in [0, 0.1) is 5.92 Å². The van der Waals surface area contributed by atoms with Gasteiger partial charge in [-0.3, -0.25) is 4.84 Å². The maximum absolute atomic E-state index is 5.55. The summed E-state index contributed by atoms with van der Waals surface area (Å²) >= 11 is 0. The predicted octanol–water partition coefficient (Wildman–Crippen LogP) is 1.58. The number of nitrogens with zero attached hydrogens (tertiary/aromatic N) is 3. The molecule has 2 aliphatic rings. The fourth-order valence-electron chi connectivity index (χ4n) is 2.95. The zero-order valence-corrected chi connectivity index (χ0v) is 9.13. The van der Waals surface area contributed by atoms with E-state index in [1.165, 1.54) is 5.52 Å².